The van der Waals surface area contributed by atoms with E-state index in [2.05, 4.69) is 204 Å². The molecule has 0 saturated carbocycles. The lowest BCUT2D eigenvalue weighted by molar-refractivity contribution is 0.632. The smallest absolute Gasteiger partial charge is 0.0531 e. The molecule has 0 atom stereocenters. The van der Waals surface area contributed by atoms with Crippen LogP contribution in [0.4, 0.5) is 28.4 Å². The van der Waals surface area contributed by atoms with Gasteiger partial charge in [0.2, 0.25) is 0 Å². The van der Waals surface area contributed by atoms with Gasteiger partial charge in [-0.25, -0.2) is 0 Å². The van der Waals surface area contributed by atoms with E-state index in [0.29, 0.717) is 0 Å². The Morgan fingerprint density at radius 2 is 1.28 bits per heavy atom. The summed E-state index contributed by atoms with van der Waals surface area (Å²) in [5.74, 6) is 0. The summed E-state index contributed by atoms with van der Waals surface area (Å²) >= 11 is 0. The van der Waals surface area contributed by atoms with E-state index < -0.39 is 0 Å². The molecule has 1 heterocycles. The molecular weight excluding hydrogens is 689 g/mol. The molecule has 1 aliphatic heterocycles. The standard InChI is InChI=1S/C55H50N2/c1-34-29-44(36(3)50(30-34)57-51-33-39-21-12-11-20-38(39)31-47(51)54(4,5)46-25-15-17-35(2)53(46)57)42-28-27-40(37-18-9-8-10-19-37)32-49(42)56-48-26-16-23-43-41-22-13-14-24-45(41)55(6,7)52(43)48/h9,11-33,56H,8,10H2,1-7H3. The zero-order valence-electron chi connectivity index (χ0n) is 34.2. The van der Waals surface area contributed by atoms with Gasteiger partial charge in [-0.1, -0.05) is 143 Å². The van der Waals surface area contributed by atoms with Crippen molar-refractivity contribution >= 4 is 44.8 Å². The van der Waals surface area contributed by atoms with Crippen molar-refractivity contribution in [1.29, 1.82) is 0 Å². The second-order valence-electron chi connectivity index (χ2n) is 17.5. The van der Waals surface area contributed by atoms with E-state index in [0.717, 1.165) is 24.2 Å². The Balaban J connectivity index is 1.19. The molecule has 57 heavy (non-hydrogen) atoms. The number of nitrogens with zero attached hydrogens (tertiary/aromatic N) is 1. The van der Waals surface area contributed by atoms with Crippen molar-refractivity contribution in [3.63, 3.8) is 0 Å². The number of fused-ring (bicyclic) bond motifs is 6. The van der Waals surface area contributed by atoms with E-state index in [1.807, 2.05) is 0 Å². The topological polar surface area (TPSA) is 15.3 Å². The first-order valence-electron chi connectivity index (χ1n) is 20.6. The number of aryl methyl sites for hydroxylation is 2. The number of anilines is 5. The minimum atomic E-state index is -0.170. The zero-order valence-corrected chi connectivity index (χ0v) is 34.2. The third-order valence-electron chi connectivity index (χ3n) is 13.2. The van der Waals surface area contributed by atoms with Gasteiger partial charge in [-0.05, 0) is 141 Å². The monoisotopic (exact) mass is 738 g/mol. The molecule has 2 nitrogen and oxygen atoms in total. The quantitative estimate of drug-likeness (QED) is 0.189. The van der Waals surface area contributed by atoms with E-state index in [4.69, 9.17) is 0 Å². The molecule has 0 spiro atoms. The van der Waals surface area contributed by atoms with Gasteiger partial charge >= 0.3 is 0 Å². The van der Waals surface area contributed by atoms with Crippen molar-refractivity contribution in [2.24, 2.45) is 0 Å². The fourth-order valence-corrected chi connectivity index (χ4v) is 10.2. The Morgan fingerprint density at radius 1 is 0.544 bits per heavy atom. The third kappa shape index (κ3) is 5.45. The maximum absolute atomic E-state index is 4.09. The van der Waals surface area contributed by atoms with E-state index in [9.17, 15) is 0 Å². The van der Waals surface area contributed by atoms with Crippen molar-refractivity contribution in [2.75, 3.05) is 10.2 Å². The maximum Gasteiger partial charge on any atom is 0.0531 e. The molecular formula is C55H50N2. The average Bonchev–Trinajstić information content (AvgIpc) is 3.46. The third-order valence-corrected chi connectivity index (χ3v) is 13.2. The van der Waals surface area contributed by atoms with Crippen molar-refractivity contribution in [2.45, 2.75) is 72.1 Å². The normalized spacial score (nSPS) is 15.8. The lowest BCUT2D eigenvalue weighted by Crippen LogP contribution is -2.31. The van der Waals surface area contributed by atoms with Crippen LogP contribution < -0.4 is 10.2 Å². The predicted molar refractivity (Wildman–Crippen MR) is 244 cm³/mol. The summed E-state index contributed by atoms with van der Waals surface area (Å²) in [5, 5.41) is 6.63. The predicted octanol–water partition coefficient (Wildman–Crippen LogP) is 15.3. The maximum atomic E-state index is 4.09. The molecule has 7 aromatic rings. The van der Waals surface area contributed by atoms with Gasteiger partial charge in [0, 0.05) is 33.5 Å². The molecule has 0 saturated heterocycles. The van der Waals surface area contributed by atoms with Crippen LogP contribution in [-0.2, 0) is 10.8 Å². The first kappa shape index (κ1) is 35.3. The molecule has 3 aliphatic rings. The van der Waals surface area contributed by atoms with E-state index in [1.165, 1.54) is 100 Å². The van der Waals surface area contributed by atoms with E-state index >= 15 is 0 Å². The van der Waals surface area contributed by atoms with Crippen LogP contribution in [-0.4, -0.2) is 0 Å². The Kier molecular flexibility index (Phi) is 8.03. The van der Waals surface area contributed by atoms with Gasteiger partial charge in [0.1, 0.15) is 0 Å². The second-order valence-corrected chi connectivity index (χ2v) is 17.5. The molecule has 7 aromatic carbocycles. The summed E-state index contributed by atoms with van der Waals surface area (Å²) in [6.07, 6.45) is 9.14. The largest absolute Gasteiger partial charge is 0.355 e. The summed E-state index contributed by atoms with van der Waals surface area (Å²) in [7, 11) is 0. The zero-order chi connectivity index (χ0) is 39.2. The Bertz CT molecular complexity index is 2860. The molecule has 2 heteroatoms. The number of hydrogen-bond acceptors (Lipinski definition) is 2. The Morgan fingerprint density at radius 3 is 2.09 bits per heavy atom. The number of rotatable bonds is 5. The lowest BCUT2D eigenvalue weighted by Gasteiger charge is -2.44. The van der Waals surface area contributed by atoms with Crippen LogP contribution in [0.5, 0.6) is 0 Å². The van der Waals surface area contributed by atoms with Crippen LogP contribution in [0.1, 0.15) is 85.0 Å². The fourth-order valence-electron chi connectivity index (χ4n) is 10.2. The van der Waals surface area contributed by atoms with Crippen LogP contribution in [0, 0.1) is 20.8 Å². The SMILES string of the molecule is Cc1cc(-c2ccc(C3=CCCC=C3)cc2Nc2cccc3c2C(C)(C)c2ccccc2-3)c(C)c(N2c3cc4ccccc4cc3C(C)(C)c3cccc(C)c32)c1. The molecule has 1 N–H and O–H groups in total. The van der Waals surface area contributed by atoms with Gasteiger partial charge in [-0.2, -0.15) is 0 Å². The molecule has 0 fully saturated rings. The number of nitrogens with one attached hydrogen (secondary N) is 1. The second kappa shape index (κ2) is 13.0. The van der Waals surface area contributed by atoms with Crippen LogP contribution >= 0.6 is 0 Å². The van der Waals surface area contributed by atoms with E-state index in [1.54, 1.807) is 0 Å². The minimum absolute atomic E-state index is 0.140. The lowest BCUT2D eigenvalue weighted by atomic mass is 9.72. The highest BCUT2D eigenvalue weighted by molar-refractivity contribution is 5.98. The number of hydrogen-bond donors (Lipinski definition) is 1. The van der Waals surface area contributed by atoms with Crippen molar-refractivity contribution in [1.82, 2.24) is 0 Å². The van der Waals surface area contributed by atoms with Gasteiger partial charge in [-0.15, -0.1) is 0 Å². The minimum Gasteiger partial charge on any atom is -0.355 e. The fraction of sp³-hybridized carbons (Fsp3) is 0.200. The molecule has 0 amide bonds. The molecule has 280 valence electrons. The van der Waals surface area contributed by atoms with Crippen LogP contribution in [0.3, 0.4) is 0 Å². The first-order valence-corrected chi connectivity index (χ1v) is 20.6. The summed E-state index contributed by atoms with van der Waals surface area (Å²) in [5.41, 5.74) is 22.6. The summed E-state index contributed by atoms with van der Waals surface area (Å²) < 4.78 is 0. The van der Waals surface area contributed by atoms with Crippen LogP contribution in [0.15, 0.2) is 146 Å². The molecule has 0 aromatic heterocycles. The highest BCUT2D eigenvalue weighted by atomic mass is 15.2. The van der Waals surface area contributed by atoms with Gasteiger partial charge in [0.25, 0.3) is 0 Å². The molecule has 0 radical (unpaired) electrons. The van der Waals surface area contributed by atoms with Gasteiger partial charge < -0.3 is 10.2 Å². The van der Waals surface area contributed by atoms with Gasteiger partial charge in [-0.3, -0.25) is 0 Å². The number of para-hydroxylation sites is 1. The average molecular weight is 739 g/mol. The molecule has 0 unspecified atom stereocenters. The first-order chi connectivity index (χ1) is 27.5. The summed E-state index contributed by atoms with van der Waals surface area (Å²) in [4.78, 5) is 2.58. The number of benzene rings is 7. The Labute approximate surface area is 338 Å². The number of allylic oxidation sites excluding steroid dienone is 4. The van der Waals surface area contributed by atoms with Crippen LogP contribution in [0.2, 0.25) is 0 Å². The molecule has 10 rings (SSSR count). The van der Waals surface area contributed by atoms with E-state index in [-0.39, 0.29) is 10.8 Å². The van der Waals surface area contributed by atoms with Crippen molar-refractivity contribution in [3.8, 4) is 22.3 Å². The van der Waals surface area contributed by atoms with Crippen molar-refractivity contribution < 1.29 is 0 Å². The van der Waals surface area contributed by atoms with Crippen molar-refractivity contribution in [3.05, 3.63) is 190 Å². The summed E-state index contributed by atoms with van der Waals surface area (Å²) in [6.45, 7) is 16.4. The molecule has 0 bridgehead atoms. The highest BCUT2D eigenvalue weighted by Crippen LogP contribution is 2.56. The summed E-state index contributed by atoms with van der Waals surface area (Å²) in [6, 6.07) is 48.0. The van der Waals surface area contributed by atoms with Gasteiger partial charge in [0.05, 0.1) is 11.4 Å². The van der Waals surface area contributed by atoms with Crippen LogP contribution in [0.25, 0.3) is 38.6 Å². The Hall–Kier alpha value is -6.12. The highest BCUT2D eigenvalue weighted by Gasteiger charge is 2.39. The van der Waals surface area contributed by atoms with Gasteiger partial charge in [0.15, 0.2) is 0 Å². The molecule has 2 aliphatic carbocycles.